The van der Waals surface area contributed by atoms with Crippen molar-refractivity contribution < 1.29 is 19.4 Å². The molecule has 2 atom stereocenters. The first-order valence-corrected chi connectivity index (χ1v) is 10.3. The number of hydrogen-bond donors (Lipinski definition) is 2. The van der Waals surface area contributed by atoms with Gasteiger partial charge in [0.05, 0.1) is 11.3 Å². The molecule has 8 nitrogen and oxygen atoms in total. The Labute approximate surface area is 168 Å². The van der Waals surface area contributed by atoms with Gasteiger partial charge < -0.3 is 24.6 Å². The smallest absolute Gasteiger partial charge is 0.410 e. The molecule has 29 heavy (non-hydrogen) atoms. The first kappa shape index (κ1) is 18.5. The molecule has 0 radical (unpaired) electrons. The zero-order valence-corrected chi connectivity index (χ0v) is 17.0. The second-order valence-electron chi connectivity index (χ2n) is 10.2. The van der Waals surface area contributed by atoms with Gasteiger partial charge in [-0.2, -0.15) is 0 Å². The topological polar surface area (TPSA) is 101 Å². The van der Waals surface area contributed by atoms with E-state index in [4.69, 9.17) is 4.74 Å². The number of pyridine rings is 1. The van der Waals surface area contributed by atoms with E-state index in [9.17, 15) is 19.5 Å². The summed E-state index contributed by atoms with van der Waals surface area (Å²) in [7, 11) is 0. The van der Waals surface area contributed by atoms with Gasteiger partial charge in [-0.1, -0.05) is 0 Å². The number of carbonyl (C=O) groups is 2. The van der Waals surface area contributed by atoms with Crippen molar-refractivity contribution in [3.63, 3.8) is 0 Å². The number of fused-ring (bicyclic) bond motifs is 1. The van der Waals surface area contributed by atoms with Crippen LogP contribution < -0.4 is 10.9 Å². The molecule has 1 saturated heterocycles. The summed E-state index contributed by atoms with van der Waals surface area (Å²) < 4.78 is 7.06. The van der Waals surface area contributed by atoms with E-state index < -0.39 is 11.6 Å². The number of aromatic nitrogens is 1. The minimum Gasteiger partial charge on any atom is -0.478 e. The highest BCUT2D eigenvalue weighted by Gasteiger charge is 2.59. The molecule has 1 aromatic rings. The molecule has 4 saturated carbocycles. The lowest BCUT2D eigenvalue weighted by Crippen LogP contribution is -2.62. The average Bonchev–Trinajstić information content (AvgIpc) is 2.96. The quantitative estimate of drug-likeness (QED) is 0.803. The van der Waals surface area contributed by atoms with Crippen LogP contribution in [-0.2, 0) is 10.3 Å². The number of nitrogens with one attached hydrogen (secondary N) is 1. The fourth-order valence-electron chi connectivity index (χ4n) is 5.32. The van der Waals surface area contributed by atoms with E-state index in [0.29, 0.717) is 24.7 Å². The molecule has 5 fully saturated rings. The number of carbonyl (C=O) groups excluding carboxylic acids is 1. The number of carboxylic acids is 1. The van der Waals surface area contributed by atoms with Crippen molar-refractivity contribution in [1.82, 2.24) is 9.47 Å². The van der Waals surface area contributed by atoms with Crippen molar-refractivity contribution >= 4 is 17.7 Å². The third-order valence-corrected chi connectivity index (χ3v) is 6.97. The van der Waals surface area contributed by atoms with Crippen molar-refractivity contribution in [3.8, 4) is 0 Å². The van der Waals surface area contributed by atoms with E-state index in [1.807, 2.05) is 20.8 Å². The first-order valence-electron chi connectivity index (χ1n) is 10.3. The van der Waals surface area contributed by atoms with Crippen molar-refractivity contribution in [3.05, 3.63) is 28.2 Å². The molecule has 2 heterocycles. The Balaban J connectivity index is 1.28. The number of likely N-dealkylation sites (tertiary alicyclic amines) is 1. The molecular formula is C21H27N3O5. The molecular weight excluding hydrogens is 374 g/mol. The van der Waals surface area contributed by atoms with E-state index in [-0.39, 0.29) is 40.6 Å². The van der Waals surface area contributed by atoms with Crippen LogP contribution in [0.15, 0.2) is 17.1 Å². The number of nitrogens with zero attached hydrogens (tertiary/aromatic N) is 2. The van der Waals surface area contributed by atoms with Gasteiger partial charge >= 0.3 is 12.1 Å². The van der Waals surface area contributed by atoms with Crippen LogP contribution >= 0.6 is 0 Å². The van der Waals surface area contributed by atoms with E-state index in [1.165, 1.54) is 12.3 Å². The molecule has 0 spiro atoms. The Hall–Kier alpha value is -2.51. The van der Waals surface area contributed by atoms with Gasteiger partial charge in [-0.3, -0.25) is 4.79 Å². The molecule has 2 N–H and O–H groups in total. The molecule has 6 rings (SSSR count). The lowest BCUT2D eigenvalue weighted by Gasteiger charge is -2.62. The zero-order chi connectivity index (χ0) is 20.7. The van der Waals surface area contributed by atoms with Crippen molar-refractivity contribution in [2.24, 2.45) is 17.8 Å². The lowest BCUT2D eigenvalue weighted by molar-refractivity contribution is -0.0914. The Morgan fingerprint density at radius 3 is 2.31 bits per heavy atom. The molecule has 5 aliphatic rings. The predicted octanol–water partition coefficient (Wildman–Crippen LogP) is 2.33. The molecule has 1 aliphatic heterocycles. The molecule has 0 aromatic carbocycles. The fraction of sp³-hybridized carbons (Fsp3) is 0.667. The number of anilines is 1. The van der Waals surface area contributed by atoms with Crippen LogP contribution in [0.25, 0.3) is 0 Å². The zero-order valence-electron chi connectivity index (χ0n) is 17.0. The summed E-state index contributed by atoms with van der Waals surface area (Å²) in [6.07, 6.45) is 4.15. The number of rotatable bonds is 4. The summed E-state index contributed by atoms with van der Waals surface area (Å²) in [5.74, 6) is 0.175. The Kier molecular flexibility index (Phi) is 3.68. The van der Waals surface area contributed by atoms with Gasteiger partial charge in [0, 0.05) is 48.8 Å². The number of ether oxygens (including phenoxy) is 1. The summed E-state index contributed by atoms with van der Waals surface area (Å²) in [6.45, 7) is 6.69. The van der Waals surface area contributed by atoms with Crippen LogP contribution in [0, 0.1) is 17.8 Å². The lowest BCUT2D eigenvalue weighted by atomic mass is 9.49. The number of hydrogen-bond acceptors (Lipinski definition) is 5. The maximum atomic E-state index is 12.7. The maximum Gasteiger partial charge on any atom is 0.410 e. The van der Waals surface area contributed by atoms with Crippen LogP contribution in [0.4, 0.5) is 10.5 Å². The van der Waals surface area contributed by atoms with Crippen molar-refractivity contribution in [2.45, 2.75) is 57.2 Å². The Morgan fingerprint density at radius 2 is 1.83 bits per heavy atom. The van der Waals surface area contributed by atoms with E-state index in [2.05, 4.69) is 5.32 Å². The predicted molar refractivity (Wildman–Crippen MR) is 105 cm³/mol. The minimum atomic E-state index is -1.03. The number of carboxylic acid groups (broad SMARTS) is 1. The van der Waals surface area contributed by atoms with Crippen molar-refractivity contribution in [1.29, 1.82) is 0 Å². The molecule has 8 heteroatoms. The Bertz CT molecular complexity index is 933. The maximum absolute atomic E-state index is 12.7. The van der Waals surface area contributed by atoms with Crippen LogP contribution in [0.2, 0.25) is 0 Å². The standard InChI is InChI=1S/C21H27N3O5/c1-20(2,3)29-19(28)23-8-12-13(9-23)17(12)22-15-4-16(25)24(10-14(15)18(26)27)21-5-11(6-21)7-21/h4,10-13,17,22H,5-9H2,1-3H3,(H,26,27). The van der Waals surface area contributed by atoms with Gasteiger partial charge in [-0.15, -0.1) is 0 Å². The average molecular weight is 401 g/mol. The van der Waals surface area contributed by atoms with E-state index >= 15 is 0 Å². The van der Waals surface area contributed by atoms with Gasteiger partial charge in [-0.05, 0) is 46.0 Å². The largest absolute Gasteiger partial charge is 0.478 e. The first-order chi connectivity index (χ1) is 13.6. The van der Waals surface area contributed by atoms with Gasteiger partial charge in [0.2, 0.25) is 0 Å². The monoisotopic (exact) mass is 401 g/mol. The third-order valence-electron chi connectivity index (χ3n) is 6.97. The molecule has 1 amide bonds. The summed E-state index contributed by atoms with van der Waals surface area (Å²) in [6, 6.07) is 1.51. The fourth-order valence-corrected chi connectivity index (χ4v) is 5.32. The second kappa shape index (κ2) is 5.77. The number of aromatic carboxylic acids is 1. The molecule has 1 aromatic heterocycles. The number of piperidine rings is 1. The second-order valence-corrected chi connectivity index (χ2v) is 10.2. The van der Waals surface area contributed by atoms with E-state index in [0.717, 1.165) is 19.3 Å². The molecule has 156 valence electrons. The summed E-state index contributed by atoms with van der Waals surface area (Å²) in [5.41, 5.74) is -0.287. The summed E-state index contributed by atoms with van der Waals surface area (Å²) in [4.78, 5) is 38.4. The number of amides is 1. The highest BCUT2D eigenvalue weighted by atomic mass is 16.6. The third kappa shape index (κ3) is 2.91. The van der Waals surface area contributed by atoms with Crippen LogP contribution in [0.1, 0.15) is 50.4 Å². The Morgan fingerprint density at radius 1 is 1.21 bits per heavy atom. The van der Waals surface area contributed by atoms with Gasteiger partial charge in [0.15, 0.2) is 0 Å². The van der Waals surface area contributed by atoms with Crippen molar-refractivity contribution in [2.75, 3.05) is 18.4 Å². The molecule has 2 unspecified atom stereocenters. The van der Waals surface area contributed by atoms with Gasteiger partial charge in [-0.25, -0.2) is 9.59 Å². The SMILES string of the molecule is CC(C)(C)OC(=O)N1CC2C(C1)C2Nc1cc(=O)n(C23CC(C2)C3)cc1C(=O)O. The summed E-state index contributed by atoms with van der Waals surface area (Å²) in [5, 5.41) is 13.0. The van der Waals surface area contributed by atoms with Gasteiger partial charge in [0.25, 0.3) is 5.56 Å². The van der Waals surface area contributed by atoms with E-state index in [1.54, 1.807) is 9.47 Å². The van der Waals surface area contributed by atoms with Crippen LogP contribution in [-0.4, -0.2) is 51.4 Å². The highest BCUT2D eigenvalue weighted by molar-refractivity contribution is 5.94. The minimum absolute atomic E-state index is 0.0805. The summed E-state index contributed by atoms with van der Waals surface area (Å²) >= 11 is 0. The highest BCUT2D eigenvalue weighted by Crippen LogP contribution is 2.61. The normalized spacial score (nSPS) is 34.0. The molecule has 2 bridgehead atoms. The van der Waals surface area contributed by atoms with Crippen LogP contribution in [0.5, 0.6) is 0 Å². The van der Waals surface area contributed by atoms with Crippen LogP contribution in [0.3, 0.4) is 0 Å². The van der Waals surface area contributed by atoms with Gasteiger partial charge in [0.1, 0.15) is 5.60 Å². The molecule has 4 aliphatic carbocycles.